The summed E-state index contributed by atoms with van der Waals surface area (Å²) in [6.45, 7) is 3.02. The third-order valence-electron chi connectivity index (χ3n) is 2.64. The Kier molecular flexibility index (Phi) is 3.03. The van der Waals surface area contributed by atoms with Crippen molar-refractivity contribution in [3.8, 4) is 11.5 Å². The summed E-state index contributed by atoms with van der Waals surface area (Å²) in [6, 6.07) is 3.88. The average molecular weight is 228 g/mol. The van der Waals surface area contributed by atoms with Crippen molar-refractivity contribution >= 4 is 11.6 Å². The van der Waals surface area contributed by atoms with E-state index in [1.807, 2.05) is 12.1 Å². The monoisotopic (exact) mass is 227 g/mol. The molecule has 2 N–H and O–H groups in total. The Bertz CT molecular complexity index is 368. The van der Waals surface area contributed by atoms with E-state index >= 15 is 0 Å². The molecule has 1 aromatic carbocycles. The topological polar surface area (TPSA) is 44.5 Å². The van der Waals surface area contributed by atoms with Crippen LogP contribution in [0.4, 0.5) is 0 Å². The van der Waals surface area contributed by atoms with Gasteiger partial charge in [0.2, 0.25) is 6.79 Å². The van der Waals surface area contributed by atoms with Crippen LogP contribution in [-0.4, -0.2) is 13.3 Å². The van der Waals surface area contributed by atoms with Crippen LogP contribution in [0.3, 0.4) is 0 Å². The fourth-order valence-corrected chi connectivity index (χ4v) is 2.14. The van der Waals surface area contributed by atoms with Crippen LogP contribution in [0, 0.1) is 0 Å². The van der Waals surface area contributed by atoms with Crippen LogP contribution in [0.25, 0.3) is 0 Å². The molecule has 4 heteroatoms. The van der Waals surface area contributed by atoms with Crippen molar-refractivity contribution in [1.29, 1.82) is 0 Å². The SMILES string of the molecule is CC(CCN)c1ccc2c(c1Cl)OCO2. The van der Waals surface area contributed by atoms with Crippen LogP contribution in [0.5, 0.6) is 11.5 Å². The summed E-state index contributed by atoms with van der Waals surface area (Å²) in [5, 5.41) is 0.658. The minimum atomic E-state index is 0.254. The van der Waals surface area contributed by atoms with E-state index in [-0.39, 0.29) is 6.79 Å². The molecule has 0 bridgehead atoms. The third-order valence-corrected chi connectivity index (χ3v) is 3.03. The van der Waals surface area contributed by atoms with Gasteiger partial charge < -0.3 is 15.2 Å². The van der Waals surface area contributed by atoms with Gasteiger partial charge in [-0.3, -0.25) is 0 Å². The van der Waals surface area contributed by atoms with E-state index in [0.717, 1.165) is 17.7 Å². The second kappa shape index (κ2) is 4.29. The van der Waals surface area contributed by atoms with Crippen LogP contribution in [-0.2, 0) is 0 Å². The first kappa shape index (κ1) is 10.6. The lowest BCUT2D eigenvalue weighted by Crippen LogP contribution is -2.05. The molecule has 0 radical (unpaired) electrons. The molecule has 0 saturated carbocycles. The molecule has 1 aliphatic heterocycles. The quantitative estimate of drug-likeness (QED) is 0.863. The molecule has 0 aromatic heterocycles. The van der Waals surface area contributed by atoms with Crippen molar-refractivity contribution in [2.45, 2.75) is 19.3 Å². The van der Waals surface area contributed by atoms with Crippen LogP contribution in [0.15, 0.2) is 12.1 Å². The zero-order chi connectivity index (χ0) is 10.8. The average Bonchev–Trinajstić information content (AvgIpc) is 2.67. The smallest absolute Gasteiger partial charge is 0.231 e. The Morgan fingerprint density at radius 3 is 3.00 bits per heavy atom. The predicted octanol–water partition coefficient (Wildman–Crippen LogP) is 2.52. The molecular formula is C11H14ClNO2. The minimum absolute atomic E-state index is 0.254. The number of nitrogens with two attached hydrogens (primary N) is 1. The maximum atomic E-state index is 6.24. The van der Waals surface area contributed by atoms with Crippen LogP contribution in [0.2, 0.25) is 5.02 Å². The molecule has 0 fully saturated rings. The molecule has 0 spiro atoms. The summed E-state index contributed by atoms with van der Waals surface area (Å²) < 4.78 is 10.6. The number of halogens is 1. The summed E-state index contributed by atoms with van der Waals surface area (Å²) in [6.07, 6.45) is 0.916. The largest absolute Gasteiger partial charge is 0.454 e. The summed E-state index contributed by atoms with van der Waals surface area (Å²) in [4.78, 5) is 0. The molecular weight excluding hydrogens is 214 g/mol. The van der Waals surface area contributed by atoms with Gasteiger partial charge in [0, 0.05) is 0 Å². The predicted molar refractivity (Wildman–Crippen MR) is 59.7 cm³/mol. The Morgan fingerprint density at radius 2 is 2.27 bits per heavy atom. The van der Waals surface area contributed by atoms with Crippen LogP contribution >= 0.6 is 11.6 Å². The van der Waals surface area contributed by atoms with E-state index in [1.54, 1.807) is 0 Å². The lowest BCUT2D eigenvalue weighted by Gasteiger charge is -2.13. The van der Waals surface area contributed by atoms with E-state index in [4.69, 9.17) is 26.8 Å². The summed E-state index contributed by atoms with van der Waals surface area (Å²) >= 11 is 6.24. The van der Waals surface area contributed by atoms with Crippen molar-refractivity contribution < 1.29 is 9.47 Å². The Labute approximate surface area is 94.1 Å². The van der Waals surface area contributed by atoms with Crippen molar-refractivity contribution in [3.05, 3.63) is 22.7 Å². The second-order valence-corrected chi connectivity index (χ2v) is 4.06. The van der Waals surface area contributed by atoms with Crippen LogP contribution < -0.4 is 15.2 Å². The highest BCUT2D eigenvalue weighted by Crippen LogP contribution is 2.43. The Hall–Kier alpha value is -0.930. The first-order valence-electron chi connectivity index (χ1n) is 5.02. The van der Waals surface area contributed by atoms with E-state index in [2.05, 4.69) is 6.92 Å². The maximum absolute atomic E-state index is 6.24. The van der Waals surface area contributed by atoms with Gasteiger partial charge in [0.15, 0.2) is 11.5 Å². The van der Waals surface area contributed by atoms with Gasteiger partial charge in [0.1, 0.15) is 0 Å². The normalized spacial score (nSPS) is 15.4. The molecule has 1 atom stereocenters. The number of ether oxygens (including phenoxy) is 2. The van der Waals surface area contributed by atoms with E-state index < -0.39 is 0 Å². The Morgan fingerprint density at radius 1 is 1.47 bits per heavy atom. The van der Waals surface area contributed by atoms with Gasteiger partial charge in [0.05, 0.1) is 5.02 Å². The zero-order valence-electron chi connectivity index (χ0n) is 8.63. The van der Waals surface area contributed by atoms with Crippen molar-refractivity contribution in [3.63, 3.8) is 0 Å². The molecule has 2 rings (SSSR count). The van der Waals surface area contributed by atoms with Crippen molar-refractivity contribution in [2.24, 2.45) is 5.73 Å². The van der Waals surface area contributed by atoms with Gasteiger partial charge in [-0.1, -0.05) is 24.6 Å². The van der Waals surface area contributed by atoms with Gasteiger partial charge in [-0.2, -0.15) is 0 Å². The fourth-order valence-electron chi connectivity index (χ4n) is 1.74. The van der Waals surface area contributed by atoms with Gasteiger partial charge in [-0.15, -0.1) is 0 Å². The highest BCUT2D eigenvalue weighted by atomic mass is 35.5. The standard InChI is InChI=1S/C11H14ClNO2/c1-7(4-5-13)8-2-3-9-11(10(8)12)15-6-14-9/h2-3,7H,4-6,13H2,1H3. The number of hydrogen-bond donors (Lipinski definition) is 1. The molecule has 0 aliphatic carbocycles. The van der Waals surface area contributed by atoms with Crippen LogP contribution in [0.1, 0.15) is 24.8 Å². The number of hydrogen-bond acceptors (Lipinski definition) is 3. The molecule has 0 amide bonds. The van der Waals surface area contributed by atoms with E-state index in [0.29, 0.717) is 23.2 Å². The van der Waals surface area contributed by atoms with Gasteiger partial charge >= 0.3 is 0 Å². The summed E-state index contributed by atoms with van der Waals surface area (Å²) in [7, 11) is 0. The molecule has 1 heterocycles. The third kappa shape index (κ3) is 1.90. The summed E-state index contributed by atoms with van der Waals surface area (Å²) in [5.41, 5.74) is 6.61. The number of rotatable bonds is 3. The molecule has 1 unspecified atom stereocenters. The summed E-state index contributed by atoms with van der Waals surface area (Å²) in [5.74, 6) is 1.73. The van der Waals surface area contributed by atoms with Gasteiger partial charge in [-0.25, -0.2) is 0 Å². The molecule has 0 saturated heterocycles. The molecule has 3 nitrogen and oxygen atoms in total. The lowest BCUT2D eigenvalue weighted by atomic mass is 9.97. The van der Waals surface area contributed by atoms with E-state index in [1.165, 1.54) is 0 Å². The molecule has 15 heavy (non-hydrogen) atoms. The first-order chi connectivity index (χ1) is 7.24. The fraction of sp³-hybridized carbons (Fsp3) is 0.455. The molecule has 82 valence electrons. The molecule has 1 aromatic rings. The number of fused-ring (bicyclic) bond motifs is 1. The minimum Gasteiger partial charge on any atom is -0.454 e. The second-order valence-electron chi connectivity index (χ2n) is 3.68. The van der Waals surface area contributed by atoms with Gasteiger partial charge in [0.25, 0.3) is 0 Å². The first-order valence-corrected chi connectivity index (χ1v) is 5.40. The Balaban J connectivity index is 2.33. The highest BCUT2D eigenvalue weighted by molar-refractivity contribution is 6.33. The highest BCUT2D eigenvalue weighted by Gasteiger charge is 2.21. The maximum Gasteiger partial charge on any atom is 0.231 e. The zero-order valence-corrected chi connectivity index (χ0v) is 9.38. The number of benzene rings is 1. The molecule has 1 aliphatic rings. The lowest BCUT2D eigenvalue weighted by molar-refractivity contribution is 0.174. The van der Waals surface area contributed by atoms with Gasteiger partial charge in [-0.05, 0) is 30.5 Å². The van der Waals surface area contributed by atoms with Crippen molar-refractivity contribution in [1.82, 2.24) is 0 Å². The van der Waals surface area contributed by atoms with Crippen molar-refractivity contribution in [2.75, 3.05) is 13.3 Å². The van der Waals surface area contributed by atoms with E-state index in [9.17, 15) is 0 Å².